The second kappa shape index (κ2) is 12.9. The van der Waals surface area contributed by atoms with E-state index in [1.165, 1.54) is 31.2 Å². The summed E-state index contributed by atoms with van der Waals surface area (Å²) in [6.07, 6.45) is 8.75. The molecule has 2 heterocycles. The Morgan fingerprint density at radius 2 is 1.68 bits per heavy atom. The molecular weight excluding hydrogens is 563 g/mol. The van der Waals surface area contributed by atoms with Gasteiger partial charge in [-0.3, -0.25) is 4.79 Å². The Balaban J connectivity index is 1.19. The third-order valence-electron chi connectivity index (χ3n) is 9.25. The summed E-state index contributed by atoms with van der Waals surface area (Å²) in [5, 5.41) is 8.07. The Labute approximate surface area is 263 Å². The first kappa shape index (κ1) is 30.5. The number of rotatable bonds is 14. The third kappa shape index (κ3) is 7.24. The lowest BCUT2D eigenvalue weighted by Crippen LogP contribution is -2.32. The molecule has 2 aliphatic carbocycles. The zero-order valence-corrected chi connectivity index (χ0v) is 27.9. The van der Waals surface area contributed by atoms with Gasteiger partial charge >= 0.3 is 0 Å². The fourth-order valence-electron chi connectivity index (χ4n) is 6.58. The lowest BCUT2D eigenvalue weighted by atomic mass is 9.82. The van der Waals surface area contributed by atoms with Crippen molar-refractivity contribution in [1.82, 2.24) is 19.3 Å². The highest BCUT2D eigenvalue weighted by atomic mass is 28.3. The molecule has 7 nitrogen and oxygen atoms in total. The number of hydrogen-bond donors (Lipinski definition) is 1. The highest BCUT2D eigenvalue weighted by Gasteiger charge is 2.49. The molecule has 0 bridgehead atoms. The van der Waals surface area contributed by atoms with Gasteiger partial charge in [0.2, 0.25) is 5.91 Å². The fraction of sp³-hybridized carbons (Fsp3) is 0.472. The number of benzene rings is 2. The van der Waals surface area contributed by atoms with Crippen LogP contribution in [0.1, 0.15) is 54.4 Å². The van der Waals surface area contributed by atoms with Crippen LogP contribution in [0, 0.1) is 31.6 Å². The number of anilines is 1. The number of imidazole rings is 1. The molecule has 2 aromatic carbocycles. The first-order chi connectivity index (χ1) is 21.2. The maximum absolute atomic E-state index is 14.2. The van der Waals surface area contributed by atoms with Crippen LogP contribution in [-0.4, -0.2) is 39.9 Å². The third-order valence-corrected chi connectivity index (χ3v) is 11.0. The van der Waals surface area contributed by atoms with Crippen LogP contribution in [0.25, 0.3) is 11.1 Å². The molecule has 1 amide bonds. The summed E-state index contributed by atoms with van der Waals surface area (Å²) in [7, 11) is -1.13. The average Bonchev–Trinajstić information content (AvgIpc) is 3.93. The molecule has 1 unspecified atom stereocenters. The molecule has 2 aliphatic rings. The van der Waals surface area contributed by atoms with E-state index in [9.17, 15) is 4.79 Å². The van der Waals surface area contributed by atoms with Crippen molar-refractivity contribution in [2.45, 2.75) is 84.4 Å². The predicted molar refractivity (Wildman–Crippen MR) is 179 cm³/mol. The zero-order valence-electron chi connectivity index (χ0n) is 26.9. The van der Waals surface area contributed by atoms with E-state index >= 15 is 0 Å². The second-order valence-electron chi connectivity index (χ2n) is 14.1. The van der Waals surface area contributed by atoms with Gasteiger partial charge in [-0.1, -0.05) is 62.1 Å². The molecule has 44 heavy (non-hydrogen) atoms. The molecule has 1 N–H and O–H groups in total. The van der Waals surface area contributed by atoms with Crippen LogP contribution in [0.4, 0.5) is 5.69 Å². The Morgan fingerprint density at radius 1 is 1.00 bits per heavy atom. The van der Waals surface area contributed by atoms with Crippen LogP contribution >= 0.6 is 0 Å². The fourth-order valence-corrected chi connectivity index (χ4v) is 7.34. The molecular formula is C36H47N5O2Si. The van der Waals surface area contributed by atoms with E-state index in [-0.39, 0.29) is 11.8 Å². The van der Waals surface area contributed by atoms with Gasteiger partial charge in [0, 0.05) is 50.6 Å². The van der Waals surface area contributed by atoms with Crippen molar-refractivity contribution >= 4 is 19.7 Å². The summed E-state index contributed by atoms with van der Waals surface area (Å²) in [5.41, 5.74) is 6.31. The normalized spacial score (nSPS) is 16.0. The van der Waals surface area contributed by atoms with Gasteiger partial charge in [0.15, 0.2) is 0 Å². The summed E-state index contributed by atoms with van der Waals surface area (Å²) < 4.78 is 10.1. The van der Waals surface area contributed by atoms with Crippen molar-refractivity contribution in [2.75, 3.05) is 11.9 Å². The smallest absolute Gasteiger partial charge is 0.235 e. The van der Waals surface area contributed by atoms with Gasteiger partial charge in [0.25, 0.3) is 0 Å². The number of aromatic nitrogens is 4. The van der Waals surface area contributed by atoms with Gasteiger partial charge in [-0.15, -0.1) is 0 Å². The SMILES string of the molecule is Cc1nn(COCC[Si](C)(C)C)c(C)c1-c1ccc(NC(=O)C(c2nccn2Cc2ccccc2)C(C2CC2)C2CC2)cc1. The van der Waals surface area contributed by atoms with Crippen LogP contribution in [0.3, 0.4) is 0 Å². The van der Waals surface area contributed by atoms with Crippen LogP contribution < -0.4 is 5.32 Å². The molecule has 6 rings (SSSR count). The minimum atomic E-state index is -1.13. The number of amides is 1. The van der Waals surface area contributed by atoms with Crippen molar-refractivity contribution in [3.63, 3.8) is 0 Å². The molecule has 0 spiro atoms. The molecule has 1 atom stereocenters. The van der Waals surface area contributed by atoms with E-state index in [1.54, 1.807) is 0 Å². The minimum Gasteiger partial charge on any atom is -0.360 e. The summed E-state index contributed by atoms with van der Waals surface area (Å²) >= 11 is 0. The second-order valence-corrected chi connectivity index (χ2v) is 19.7. The first-order valence-electron chi connectivity index (χ1n) is 16.3. The number of hydrogen-bond acceptors (Lipinski definition) is 4. The maximum atomic E-state index is 14.2. The molecule has 4 aromatic rings. The number of ether oxygens (including phenoxy) is 1. The first-order valence-corrected chi connectivity index (χ1v) is 20.0. The van der Waals surface area contributed by atoms with Gasteiger partial charge in [-0.25, -0.2) is 9.67 Å². The van der Waals surface area contributed by atoms with E-state index in [4.69, 9.17) is 14.8 Å². The van der Waals surface area contributed by atoms with Crippen molar-refractivity contribution in [3.8, 4) is 11.1 Å². The lowest BCUT2D eigenvalue weighted by molar-refractivity contribution is -0.119. The Kier molecular flexibility index (Phi) is 8.92. The largest absolute Gasteiger partial charge is 0.360 e. The molecule has 2 aromatic heterocycles. The number of aryl methyl sites for hydroxylation is 1. The van der Waals surface area contributed by atoms with E-state index in [0.29, 0.717) is 31.0 Å². The lowest BCUT2D eigenvalue weighted by Gasteiger charge is -2.27. The minimum absolute atomic E-state index is 0.0534. The van der Waals surface area contributed by atoms with Crippen LogP contribution in [-0.2, 0) is 22.8 Å². The molecule has 2 saturated carbocycles. The van der Waals surface area contributed by atoms with Gasteiger partial charge in [0.1, 0.15) is 12.6 Å². The molecule has 0 aliphatic heterocycles. The van der Waals surface area contributed by atoms with E-state index < -0.39 is 8.07 Å². The highest BCUT2D eigenvalue weighted by Crippen LogP contribution is 2.55. The summed E-state index contributed by atoms with van der Waals surface area (Å²) in [6, 6.07) is 19.8. The monoisotopic (exact) mass is 609 g/mol. The summed E-state index contributed by atoms with van der Waals surface area (Å²) in [6.45, 7) is 13.2. The molecule has 2 fully saturated rings. The highest BCUT2D eigenvalue weighted by molar-refractivity contribution is 6.76. The number of carbonyl (C=O) groups excluding carboxylic acids is 1. The Morgan fingerprint density at radius 3 is 2.32 bits per heavy atom. The van der Waals surface area contributed by atoms with Gasteiger partial charge in [0.05, 0.1) is 11.6 Å². The maximum Gasteiger partial charge on any atom is 0.235 e. The van der Waals surface area contributed by atoms with Gasteiger partial charge in [-0.05, 0) is 86.6 Å². The van der Waals surface area contributed by atoms with Crippen LogP contribution in [0.2, 0.25) is 25.7 Å². The Bertz CT molecular complexity index is 1550. The van der Waals surface area contributed by atoms with Crippen LogP contribution in [0.5, 0.6) is 0 Å². The van der Waals surface area contributed by atoms with Gasteiger partial charge in [-0.2, -0.15) is 5.10 Å². The standard InChI is InChI=1S/C36H47N5O2Si/c1-25-32(26(2)41(39-25)24-43-21-22-44(3,4)5)28-15-17-31(18-16-28)38-36(42)34(33(29-11-12-29)30-13-14-30)35-37-19-20-40(35)23-27-9-7-6-8-10-27/h6-10,15-20,29-30,33-34H,11-14,21-24H2,1-5H3,(H,38,42). The molecule has 8 heteroatoms. The van der Waals surface area contributed by atoms with Gasteiger partial charge < -0.3 is 14.6 Å². The van der Waals surface area contributed by atoms with Crippen molar-refractivity contribution in [3.05, 3.63) is 89.8 Å². The van der Waals surface area contributed by atoms with Crippen molar-refractivity contribution in [1.29, 1.82) is 0 Å². The average molecular weight is 610 g/mol. The zero-order chi connectivity index (χ0) is 30.8. The Hall–Kier alpha value is -3.49. The summed E-state index contributed by atoms with van der Waals surface area (Å²) in [5.74, 6) is 2.25. The molecule has 232 valence electrons. The summed E-state index contributed by atoms with van der Waals surface area (Å²) in [4.78, 5) is 19.0. The van der Waals surface area contributed by atoms with Crippen molar-refractivity contribution < 1.29 is 9.53 Å². The topological polar surface area (TPSA) is 74.0 Å². The number of nitrogens with zero attached hydrogens (tertiary/aromatic N) is 4. The van der Waals surface area contributed by atoms with Crippen LogP contribution in [0.15, 0.2) is 67.0 Å². The van der Waals surface area contributed by atoms with E-state index in [1.807, 2.05) is 35.3 Å². The molecule has 0 radical (unpaired) electrons. The number of carbonyl (C=O) groups is 1. The quantitative estimate of drug-likeness (QED) is 0.117. The number of nitrogens with one attached hydrogen (secondary N) is 1. The molecule has 0 saturated heterocycles. The van der Waals surface area contributed by atoms with Crippen molar-refractivity contribution in [2.24, 2.45) is 17.8 Å². The van der Waals surface area contributed by atoms with E-state index in [2.05, 4.69) is 79.8 Å². The van der Waals surface area contributed by atoms with E-state index in [0.717, 1.165) is 46.7 Å². The predicted octanol–water partition coefficient (Wildman–Crippen LogP) is 7.88.